The second kappa shape index (κ2) is 6.60. The lowest BCUT2D eigenvalue weighted by Crippen LogP contribution is -2.30. The largest absolute Gasteiger partial charge is 0.494 e. The lowest BCUT2D eigenvalue weighted by atomic mass is 10.1. The molecular weight excluding hydrogens is 217 g/mol. The fourth-order valence-electron chi connectivity index (χ4n) is 1.92. The molecular formula is C14H22FNO. The van der Waals surface area contributed by atoms with E-state index in [0.717, 1.165) is 18.4 Å². The minimum atomic E-state index is -0.314. The average molecular weight is 239 g/mol. The molecule has 0 bridgehead atoms. The van der Waals surface area contributed by atoms with Crippen LogP contribution in [0.2, 0.25) is 0 Å². The summed E-state index contributed by atoms with van der Waals surface area (Å²) < 4.78 is 18.3. The Bertz CT molecular complexity index is 350. The molecule has 1 aromatic rings. The third-order valence-corrected chi connectivity index (χ3v) is 3.15. The van der Waals surface area contributed by atoms with Gasteiger partial charge >= 0.3 is 0 Å². The highest BCUT2D eigenvalue weighted by Crippen LogP contribution is 2.23. The summed E-state index contributed by atoms with van der Waals surface area (Å²) in [6.07, 6.45) is 2.19. The van der Waals surface area contributed by atoms with Gasteiger partial charge in [0.2, 0.25) is 0 Å². The Morgan fingerprint density at radius 3 is 2.47 bits per heavy atom. The molecule has 3 heteroatoms. The first kappa shape index (κ1) is 14.0. The molecule has 0 fully saturated rings. The van der Waals surface area contributed by atoms with Crippen LogP contribution in [0.3, 0.4) is 0 Å². The van der Waals surface area contributed by atoms with Crippen molar-refractivity contribution in [2.45, 2.75) is 45.7 Å². The lowest BCUT2D eigenvalue weighted by molar-refractivity contribution is 0.383. The van der Waals surface area contributed by atoms with E-state index in [4.69, 9.17) is 4.74 Å². The highest BCUT2D eigenvalue weighted by atomic mass is 19.1. The Balaban J connectivity index is 2.78. The average Bonchev–Trinajstić information content (AvgIpc) is 2.36. The van der Waals surface area contributed by atoms with Gasteiger partial charge in [-0.2, -0.15) is 0 Å². The Kier molecular flexibility index (Phi) is 5.42. The summed E-state index contributed by atoms with van der Waals surface area (Å²) in [5.74, 6) is -0.00770. The Morgan fingerprint density at radius 1 is 1.29 bits per heavy atom. The molecule has 1 atom stereocenters. The van der Waals surface area contributed by atoms with E-state index in [-0.39, 0.29) is 11.9 Å². The minimum Gasteiger partial charge on any atom is -0.494 e. The van der Waals surface area contributed by atoms with Crippen LogP contribution in [0.1, 0.15) is 45.2 Å². The van der Waals surface area contributed by atoms with Crippen molar-refractivity contribution in [1.82, 2.24) is 5.32 Å². The molecule has 0 heterocycles. The molecule has 96 valence electrons. The monoisotopic (exact) mass is 239 g/mol. The van der Waals surface area contributed by atoms with Gasteiger partial charge in [0.15, 0.2) is 11.6 Å². The molecule has 0 aromatic heterocycles. The fraction of sp³-hybridized carbons (Fsp3) is 0.571. The number of rotatable bonds is 6. The molecule has 17 heavy (non-hydrogen) atoms. The van der Waals surface area contributed by atoms with Gasteiger partial charge in [-0.05, 0) is 37.5 Å². The maximum atomic E-state index is 13.3. The quantitative estimate of drug-likeness (QED) is 0.817. The molecule has 1 rings (SSSR count). The SMILES string of the molecule is CCC(CC)NC(C)c1ccc(F)c(OC)c1. The third kappa shape index (κ3) is 3.70. The van der Waals surface area contributed by atoms with Gasteiger partial charge in [0.25, 0.3) is 0 Å². The zero-order valence-electron chi connectivity index (χ0n) is 11.1. The summed E-state index contributed by atoms with van der Waals surface area (Å²) in [6.45, 7) is 6.42. The highest BCUT2D eigenvalue weighted by Gasteiger charge is 2.12. The first-order chi connectivity index (χ1) is 8.12. The lowest BCUT2D eigenvalue weighted by Gasteiger charge is -2.21. The van der Waals surface area contributed by atoms with Crippen molar-refractivity contribution >= 4 is 0 Å². The summed E-state index contributed by atoms with van der Waals surface area (Å²) in [5.41, 5.74) is 1.05. The second-order valence-electron chi connectivity index (χ2n) is 4.30. The van der Waals surface area contributed by atoms with Gasteiger partial charge in [0.1, 0.15) is 0 Å². The van der Waals surface area contributed by atoms with E-state index in [1.54, 1.807) is 12.1 Å². The molecule has 1 aromatic carbocycles. The molecule has 0 saturated heterocycles. The molecule has 0 aliphatic heterocycles. The standard InChI is InChI=1S/C14H22FNO/c1-5-12(6-2)16-10(3)11-7-8-13(15)14(9-11)17-4/h7-10,12,16H,5-6H2,1-4H3. The van der Waals surface area contributed by atoms with E-state index in [9.17, 15) is 4.39 Å². The Morgan fingerprint density at radius 2 is 1.94 bits per heavy atom. The molecule has 2 nitrogen and oxygen atoms in total. The van der Waals surface area contributed by atoms with Crippen LogP contribution in [-0.2, 0) is 0 Å². The van der Waals surface area contributed by atoms with Gasteiger partial charge in [-0.3, -0.25) is 0 Å². The van der Waals surface area contributed by atoms with Gasteiger partial charge in [-0.15, -0.1) is 0 Å². The molecule has 0 aliphatic carbocycles. The number of hydrogen-bond acceptors (Lipinski definition) is 2. The number of halogens is 1. The summed E-state index contributed by atoms with van der Waals surface area (Å²) >= 11 is 0. The number of ether oxygens (including phenoxy) is 1. The minimum absolute atomic E-state index is 0.203. The van der Waals surface area contributed by atoms with Crippen LogP contribution in [0.5, 0.6) is 5.75 Å². The number of methoxy groups -OCH3 is 1. The van der Waals surface area contributed by atoms with Crippen LogP contribution in [-0.4, -0.2) is 13.2 Å². The Labute approximate surface area is 103 Å². The van der Waals surface area contributed by atoms with E-state index in [0.29, 0.717) is 11.8 Å². The van der Waals surface area contributed by atoms with Crippen molar-refractivity contribution in [3.8, 4) is 5.75 Å². The summed E-state index contributed by atoms with van der Waals surface area (Å²) in [7, 11) is 1.49. The van der Waals surface area contributed by atoms with Gasteiger partial charge in [0.05, 0.1) is 7.11 Å². The van der Waals surface area contributed by atoms with Crippen molar-refractivity contribution in [2.75, 3.05) is 7.11 Å². The summed E-state index contributed by atoms with van der Waals surface area (Å²) in [5, 5.41) is 3.53. The van der Waals surface area contributed by atoms with E-state index >= 15 is 0 Å². The van der Waals surface area contributed by atoms with Crippen molar-refractivity contribution in [3.05, 3.63) is 29.6 Å². The molecule has 0 radical (unpaired) electrons. The van der Waals surface area contributed by atoms with Gasteiger partial charge in [-0.25, -0.2) is 4.39 Å². The number of nitrogens with one attached hydrogen (secondary N) is 1. The summed E-state index contributed by atoms with van der Waals surface area (Å²) in [6, 6.07) is 5.72. The Hall–Kier alpha value is -1.09. The van der Waals surface area contributed by atoms with Crippen LogP contribution in [0.4, 0.5) is 4.39 Å². The van der Waals surface area contributed by atoms with E-state index < -0.39 is 0 Å². The number of hydrogen-bond donors (Lipinski definition) is 1. The van der Waals surface area contributed by atoms with E-state index in [1.807, 2.05) is 0 Å². The van der Waals surface area contributed by atoms with Crippen molar-refractivity contribution < 1.29 is 9.13 Å². The summed E-state index contributed by atoms with van der Waals surface area (Å²) in [4.78, 5) is 0. The molecule has 0 spiro atoms. The zero-order valence-corrected chi connectivity index (χ0v) is 11.1. The first-order valence-corrected chi connectivity index (χ1v) is 6.21. The normalized spacial score (nSPS) is 12.8. The second-order valence-corrected chi connectivity index (χ2v) is 4.30. The first-order valence-electron chi connectivity index (χ1n) is 6.21. The third-order valence-electron chi connectivity index (χ3n) is 3.15. The van der Waals surface area contributed by atoms with Crippen LogP contribution >= 0.6 is 0 Å². The molecule has 1 unspecified atom stereocenters. The van der Waals surface area contributed by atoms with Gasteiger partial charge in [0, 0.05) is 12.1 Å². The van der Waals surface area contributed by atoms with E-state index in [2.05, 4.69) is 26.1 Å². The fourth-order valence-corrected chi connectivity index (χ4v) is 1.92. The van der Waals surface area contributed by atoms with Crippen LogP contribution in [0.15, 0.2) is 18.2 Å². The number of benzene rings is 1. The van der Waals surface area contributed by atoms with Crippen LogP contribution in [0, 0.1) is 5.82 Å². The predicted molar refractivity (Wildman–Crippen MR) is 68.9 cm³/mol. The van der Waals surface area contributed by atoms with Crippen molar-refractivity contribution in [2.24, 2.45) is 0 Å². The molecule has 0 aliphatic rings. The van der Waals surface area contributed by atoms with Crippen LogP contribution in [0.25, 0.3) is 0 Å². The van der Waals surface area contributed by atoms with Crippen molar-refractivity contribution in [1.29, 1.82) is 0 Å². The maximum absolute atomic E-state index is 13.3. The van der Waals surface area contributed by atoms with E-state index in [1.165, 1.54) is 13.2 Å². The van der Waals surface area contributed by atoms with Crippen LogP contribution < -0.4 is 10.1 Å². The predicted octanol–water partition coefficient (Wildman–Crippen LogP) is 3.67. The zero-order chi connectivity index (χ0) is 12.8. The maximum Gasteiger partial charge on any atom is 0.165 e. The molecule has 0 amide bonds. The topological polar surface area (TPSA) is 21.3 Å². The highest BCUT2D eigenvalue weighted by molar-refractivity contribution is 5.31. The van der Waals surface area contributed by atoms with Gasteiger partial charge in [-0.1, -0.05) is 19.9 Å². The van der Waals surface area contributed by atoms with Gasteiger partial charge < -0.3 is 10.1 Å². The molecule has 1 N–H and O–H groups in total. The molecule has 0 saturated carbocycles. The smallest absolute Gasteiger partial charge is 0.165 e. The van der Waals surface area contributed by atoms with Crippen molar-refractivity contribution in [3.63, 3.8) is 0 Å².